The zero-order valence-electron chi connectivity index (χ0n) is 17.7. The van der Waals surface area contributed by atoms with Crippen molar-refractivity contribution in [2.24, 2.45) is 0 Å². The maximum atomic E-state index is 13.0. The molecule has 2 aromatic carbocycles. The van der Waals surface area contributed by atoms with Crippen LogP contribution in [-0.4, -0.2) is 38.4 Å². The van der Waals surface area contributed by atoms with E-state index in [9.17, 15) is 14.0 Å². The molecule has 3 rings (SSSR count). The van der Waals surface area contributed by atoms with Gasteiger partial charge in [0.2, 0.25) is 5.91 Å². The summed E-state index contributed by atoms with van der Waals surface area (Å²) >= 11 is 0. The van der Waals surface area contributed by atoms with Crippen LogP contribution in [0.15, 0.2) is 42.5 Å². The number of anilines is 1. The van der Waals surface area contributed by atoms with Crippen molar-refractivity contribution in [1.29, 1.82) is 0 Å². The highest BCUT2D eigenvalue weighted by molar-refractivity contribution is 5.84. The van der Waals surface area contributed by atoms with Gasteiger partial charge in [0.25, 0.3) is 0 Å². The molecule has 2 N–H and O–H groups in total. The van der Waals surface area contributed by atoms with E-state index >= 15 is 0 Å². The van der Waals surface area contributed by atoms with Crippen LogP contribution in [0.2, 0.25) is 0 Å². The highest BCUT2D eigenvalue weighted by Crippen LogP contribution is 2.28. The number of benzene rings is 2. The summed E-state index contributed by atoms with van der Waals surface area (Å²) < 4.78 is 28.9. The third kappa shape index (κ3) is 6.60. The second-order valence-corrected chi connectivity index (χ2v) is 7.46. The Morgan fingerprint density at radius 2 is 1.77 bits per heavy atom. The van der Waals surface area contributed by atoms with E-state index in [0.29, 0.717) is 23.6 Å². The van der Waals surface area contributed by atoms with Crippen molar-refractivity contribution in [2.45, 2.75) is 44.2 Å². The van der Waals surface area contributed by atoms with Crippen molar-refractivity contribution in [2.75, 3.05) is 19.5 Å². The van der Waals surface area contributed by atoms with E-state index in [1.54, 1.807) is 26.4 Å². The molecule has 0 heterocycles. The summed E-state index contributed by atoms with van der Waals surface area (Å²) in [4.78, 5) is 24.6. The summed E-state index contributed by atoms with van der Waals surface area (Å²) in [6, 6.07) is 10.8. The van der Waals surface area contributed by atoms with Crippen LogP contribution in [0, 0.1) is 5.82 Å². The van der Waals surface area contributed by atoms with E-state index in [2.05, 4.69) is 10.6 Å². The summed E-state index contributed by atoms with van der Waals surface area (Å²) in [5, 5.41) is 5.62. The van der Waals surface area contributed by atoms with Crippen molar-refractivity contribution in [1.82, 2.24) is 5.32 Å². The molecule has 0 saturated heterocycles. The Morgan fingerprint density at radius 3 is 2.48 bits per heavy atom. The zero-order chi connectivity index (χ0) is 22.2. The predicted octanol–water partition coefficient (Wildman–Crippen LogP) is 4.06. The molecule has 8 heteroatoms. The van der Waals surface area contributed by atoms with Crippen LogP contribution in [0.4, 0.5) is 14.9 Å². The molecule has 0 bridgehead atoms. The Kier molecular flexibility index (Phi) is 7.70. The van der Waals surface area contributed by atoms with E-state index in [0.717, 1.165) is 24.8 Å². The summed E-state index contributed by atoms with van der Waals surface area (Å²) in [5.41, 5.74) is 1.28. The van der Waals surface area contributed by atoms with Gasteiger partial charge in [-0.25, -0.2) is 9.18 Å². The minimum atomic E-state index is -0.589. The highest BCUT2D eigenvalue weighted by atomic mass is 19.1. The predicted molar refractivity (Wildman–Crippen MR) is 114 cm³/mol. The normalized spacial score (nSPS) is 18.0. The molecule has 0 unspecified atom stereocenters. The Morgan fingerprint density at radius 1 is 1.03 bits per heavy atom. The van der Waals surface area contributed by atoms with E-state index in [-0.39, 0.29) is 30.3 Å². The third-order valence-electron chi connectivity index (χ3n) is 5.17. The number of carbonyl (C=O) groups excluding carboxylic acids is 2. The summed E-state index contributed by atoms with van der Waals surface area (Å²) in [6.07, 6.45) is 2.29. The van der Waals surface area contributed by atoms with Crippen LogP contribution in [0.1, 0.15) is 31.2 Å². The molecule has 7 nitrogen and oxygen atoms in total. The fraction of sp³-hybridized carbons (Fsp3) is 0.391. The molecule has 2 aromatic rings. The summed E-state index contributed by atoms with van der Waals surface area (Å²) in [7, 11) is 3.11. The second kappa shape index (κ2) is 10.7. The van der Waals surface area contributed by atoms with Gasteiger partial charge in [-0.1, -0.05) is 6.07 Å². The monoisotopic (exact) mass is 430 g/mol. The molecule has 2 atom stereocenters. The number of ether oxygens (including phenoxy) is 3. The number of methoxy groups -OCH3 is 2. The molecule has 2 amide bonds. The van der Waals surface area contributed by atoms with Crippen LogP contribution in [0.5, 0.6) is 11.5 Å². The van der Waals surface area contributed by atoms with Gasteiger partial charge in [-0.15, -0.1) is 0 Å². The number of nitrogens with one attached hydrogen (secondary N) is 2. The Bertz CT molecular complexity index is 903. The first-order valence-corrected chi connectivity index (χ1v) is 10.2. The quantitative estimate of drug-likeness (QED) is 0.692. The van der Waals surface area contributed by atoms with Crippen molar-refractivity contribution >= 4 is 17.7 Å². The largest absolute Gasteiger partial charge is 0.493 e. The van der Waals surface area contributed by atoms with Crippen LogP contribution < -0.4 is 20.1 Å². The molecule has 0 aromatic heterocycles. The van der Waals surface area contributed by atoms with Crippen molar-refractivity contribution in [3.63, 3.8) is 0 Å². The van der Waals surface area contributed by atoms with Crippen molar-refractivity contribution in [3.05, 3.63) is 53.8 Å². The van der Waals surface area contributed by atoms with Gasteiger partial charge in [-0.3, -0.25) is 10.1 Å². The Hall–Kier alpha value is -3.29. The molecule has 1 fully saturated rings. The maximum Gasteiger partial charge on any atom is 0.411 e. The van der Waals surface area contributed by atoms with Crippen LogP contribution in [0.25, 0.3) is 0 Å². The second-order valence-electron chi connectivity index (χ2n) is 7.46. The zero-order valence-corrected chi connectivity index (χ0v) is 17.7. The number of carbonyl (C=O) groups is 2. The number of rotatable bonds is 7. The van der Waals surface area contributed by atoms with Crippen LogP contribution >= 0.6 is 0 Å². The molecular formula is C23H27FN2O5. The lowest BCUT2D eigenvalue weighted by Crippen LogP contribution is -2.41. The number of halogens is 1. The lowest BCUT2D eigenvalue weighted by atomic mass is 9.92. The van der Waals surface area contributed by atoms with Gasteiger partial charge >= 0.3 is 6.09 Å². The average Bonchev–Trinajstić information content (AvgIpc) is 2.75. The Balaban J connectivity index is 1.48. The molecular weight excluding hydrogens is 403 g/mol. The van der Waals surface area contributed by atoms with E-state index in [4.69, 9.17) is 14.2 Å². The molecule has 0 radical (unpaired) electrons. The number of hydrogen-bond donors (Lipinski definition) is 2. The van der Waals surface area contributed by atoms with Crippen molar-refractivity contribution in [3.8, 4) is 11.5 Å². The van der Waals surface area contributed by atoms with E-state index in [1.807, 2.05) is 6.07 Å². The lowest BCUT2D eigenvalue weighted by Gasteiger charge is -2.29. The molecule has 1 saturated carbocycles. The number of amides is 2. The fourth-order valence-electron chi connectivity index (χ4n) is 3.67. The van der Waals surface area contributed by atoms with E-state index in [1.165, 1.54) is 24.3 Å². The van der Waals surface area contributed by atoms with Gasteiger partial charge in [0.1, 0.15) is 11.9 Å². The first-order valence-electron chi connectivity index (χ1n) is 10.2. The molecule has 1 aliphatic carbocycles. The van der Waals surface area contributed by atoms with Gasteiger partial charge in [-0.05, 0) is 61.2 Å². The van der Waals surface area contributed by atoms with Crippen LogP contribution in [-0.2, 0) is 16.0 Å². The summed E-state index contributed by atoms with van der Waals surface area (Å²) in [5.74, 6) is 0.704. The van der Waals surface area contributed by atoms with Gasteiger partial charge in [0, 0.05) is 18.2 Å². The van der Waals surface area contributed by atoms with Crippen molar-refractivity contribution < 1.29 is 28.2 Å². The average molecular weight is 430 g/mol. The molecule has 166 valence electrons. The smallest absolute Gasteiger partial charge is 0.411 e. The van der Waals surface area contributed by atoms with Gasteiger partial charge in [-0.2, -0.15) is 0 Å². The first kappa shape index (κ1) is 22.4. The molecule has 31 heavy (non-hydrogen) atoms. The molecule has 0 spiro atoms. The summed E-state index contributed by atoms with van der Waals surface area (Å²) in [6.45, 7) is 0. The lowest BCUT2D eigenvalue weighted by molar-refractivity contribution is -0.121. The minimum absolute atomic E-state index is 0.0648. The van der Waals surface area contributed by atoms with Gasteiger partial charge < -0.3 is 19.5 Å². The maximum absolute atomic E-state index is 13.0. The Labute approximate surface area is 180 Å². The standard InChI is InChI=1S/C23H27FN2O5/c1-29-20-11-6-15(12-21(20)30-2)13-22(27)25-18-4-3-5-19(14-18)31-23(28)26-17-9-7-16(24)8-10-17/h6-12,18-19H,3-5,13-14H2,1-2H3,(H,25,27)(H,26,28)/t18-,19-/m1/s1. The molecule has 0 aliphatic heterocycles. The minimum Gasteiger partial charge on any atom is -0.493 e. The highest BCUT2D eigenvalue weighted by Gasteiger charge is 2.26. The fourth-order valence-corrected chi connectivity index (χ4v) is 3.67. The van der Waals surface area contributed by atoms with E-state index < -0.39 is 6.09 Å². The third-order valence-corrected chi connectivity index (χ3v) is 5.17. The first-order chi connectivity index (χ1) is 15.0. The SMILES string of the molecule is COc1ccc(CC(=O)N[C@@H]2CCC[C@@H](OC(=O)Nc3ccc(F)cc3)C2)cc1OC. The van der Waals surface area contributed by atoms with Gasteiger partial charge in [0.15, 0.2) is 11.5 Å². The number of hydrogen-bond acceptors (Lipinski definition) is 5. The van der Waals surface area contributed by atoms with Gasteiger partial charge in [0.05, 0.1) is 20.6 Å². The van der Waals surface area contributed by atoms with Crippen LogP contribution in [0.3, 0.4) is 0 Å². The molecule has 1 aliphatic rings. The topological polar surface area (TPSA) is 85.9 Å².